The van der Waals surface area contributed by atoms with Gasteiger partial charge in [0.25, 0.3) is 0 Å². The lowest BCUT2D eigenvalue weighted by Crippen LogP contribution is -2.39. The van der Waals surface area contributed by atoms with E-state index in [1.54, 1.807) is 0 Å². The maximum atomic E-state index is 12.3. The average molecular weight is 554 g/mol. The smallest absolute Gasteiger partial charge is 0.162 e. The average Bonchev–Trinajstić information content (AvgIpc) is 2.73. The van der Waals surface area contributed by atoms with Gasteiger partial charge in [-0.3, -0.25) is 4.79 Å². The van der Waals surface area contributed by atoms with Crippen molar-refractivity contribution in [3.63, 3.8) is 0 Å². The first kappa shape index (κ1) is 23.7. The number of rotatable bonds is 6. The first-order valence-electron chi connectivity index (χ1n) is 10.5. The standard InChI is InChI=1S/C25H27Br2NO.ClH/c26-20-8-6-18(7-9-20)24(29)5-2-16-28-21-10-13-25(14-11-21)15-12-22-19(17-25)3-1-4-23(22)27;/h1,3-4,6-9,12,15,21,28H,2,5,10-11,13-14,16-17H2;1H. The number of nitrogens with one attached hydrogen (secondary N) is 1. The fraction of sp³-hybridized carbons (Fsp3) is 0.400. The zero-order valence-corrected chi connectivity index (χ0v) is 21.0. The summed E-state index contributed by atoms with van der Waals surface area (Å²) in [6.07, 6.45) is 12.4. The SMILES string of the molecule is Cl.O=C(CCCNC1CCC2(C=Cc3c(Br)cccc3C2)CC1)c1ccc(Br)cc1. The molecule has 0 aromatic heterocycles. The molecule has 1 saturated carbocycles. The van der Waals surface area contributed by atoms with Crippen molar-refractivity contribution in [1.29, 1.82) is 0 Å². The maximum absolute atomic E-state index is 12.3. The van der Waals surface area contributed by atoms with Crippen molar-refractivity contribution in [1.82, 2.24) is 5.32 Å². The van der Waals surface area contributed by atoms with Crippen molar-refractivity contribution < 1.29 is 4.79 Å². The Morgan fingerprint density at radius 2 is 1.80 bits per heavy atom. The molecule has 0 atom stereocenters. The summed E-state index contributed by atoms with van der Waals surface area (Å²) < 4.78 is 2.21. The number of hydrogen-bond donors (Lipinski definition) is 1. The molecular formula is C25H28Br2ClNO. The largest absolute Gasteiger partial charge is 0.314 e. The van der Waals surface area contributed by atoms with E-state index in [1.807, 2.05) is 24.3 Å². The molecule has 0 bridgehead atoms. The van der Waals surface area contributed by atoms with Crippen LogP contribution in [-0.4, -0.2) is 18.4 Å². The van der Waals surface area contributed by atoms with E-state index in [1.165, 1.54) is 41.3 Å². The van der Waals surface area contributed by atoms with Crippen molar-refractivity contribution in [3.05, 3.63) is 74.2 Å². The third-order valence-electron chi connectivity index (χ3n) is 6.45. The maximum Gasteiger partial charge on any atom is 0.162 e. The Hall–Kier alpha value is -0.940. The van der Waals surface area contributed by atoms with Crippen LogP contribution in [0.5, 0.6) is 0 Å². The summed E-state index contributed by atoms with van der Waals surface area (Å²) in [5, 5.41) is 3.70. The number of benzene rings is 2. The first-order chi connectivity index (χ1) is 14.0. The molecule has 1 spiro atoms. The fourth-order valence-corrected chi connectivity index (χ4v) is 5.50. The molecule has 30 heavy (non-hydrogen) atoms. The second-order valence-corrected chi connectivity index (χ2v) is 10.2. The zero-order valence-electron chi connectivity index (χ0n) is 17.0. The van der Waals surface area contributed by atoms with E-state index in [0.29, 0.717) is 17.9 Å². The van der Waals surface area contributed by atoms with Gasteiger partial charge in [-0.2, -0.15) is 0 Å². The van der Waals surface area contributed by atoms with Crippen molar-refractivity contribution in [3.8, 4) is 0 Å². The van der Waals surface area contributed by atoms with Gasteiger partial charge in [0, 0.05) is 27.0 Å². The normalized spacial score (nSPS) is 22.4. The van der Waals surface area contributed by atoms with Gasteiger partial charge in [-0.05, 0) is 79.8 Å². The van der Waals surface area contributed by atoms with Gasteiger partial charge >= 0.3 is 0 Å². The molecule has 2 aliphatic rings. The third kappa shape index (κ3) is 5.64. The molecule has 0 aliphatic heterocycles. The highest BCUT2D eigenvalue weighted by atomic mass is 79.9. The van der Waals surface area contributed by atoms with Crippen LogP contribution in [0.2, 0.25) is 0 Å². The number of fused-ring (bicyclic) bond motifs is 1. The summed E-state index contributed by atoms with van der Waals surface area (Å²) in [5.74, 6) is 0.235. The minimum atomic E-state index is 0. The Morgan fingerprint density at radius 1 is 1.07 bits per heavy atom. The highest BCUT2D eigenvalue weighted by molar-refractivity contribution is 9.10. The number of carbonyl (C=O) groups is 1. The Kier molecular flexibility index (Phi) is 8.37. The molecule has 0 unspecified atom stereocenters. The minimum absolute atomic E-state index is 0. The lowest BCUT2D eigenvalue weighted by Gasteiger charge is -2.41. The molecule has 2 aliphatic carbocycles. The molecule has 5 heteroatoms. The van der Waals surface area contributed by atoms with E-state index in [4.69, 9.17) is 0 Å². The van der Waals surface area contributed by atoms with Crippen LogP contribution in [0, 0.1) is 5.41 Å². The van der Waals surface area contributed by atoms with Gasteiger partial charge in [0.15, 0.2) is 5.78 Å². The Morgan fingerprint density at radius 3 is 2.53 bits per heavy atom. The van der Waals surface area contributed by atoms with Gasteiger partial charge in [0.2, 0.25) is 0 Å². The van der Waals surface area contributed by atoms with E-state index in [2.05, 4.69) is 67.5 Å². The number of ketones is 1. The fourth-order valence-electron chi connectivity index (χ4n) is 4.70. The predicted octanol–water partition coefficient (Wildman–Crippen LogP) is 7.38. The minimum Gasteiger partial charge on any atom is -0.314 e. The highest BCUT2D eigenvalue weighted by Gasteiger charge is 2.35. The number of Topliss-reactive ketones (excluding diaryl/α,β-unsaturated/α-hetero) is 1. The van der Waals surface area contributed by atoms with Gasteiger partial charge in [-0.15, -0.1) is 12.4 Å². The van der Waals surface area contributed by atoms with Gasteiger partial charge in [-0.1, -0.05) is 68.3 Å². The molecule has 0 heterocycles. The van der Waals surface area contributed by atoms with Crippen LogP contribution in [0.1, 0.15) is 60.0 Å². The van der Waals surface area contributed by atoms with E-state index in [9.17, 15) is 4.79 Å². The lowest BCUT2D eigenvalue weighted by atomic mass is 9.66. The number of allylic oxidation sites excluding steroid dienone is 1. The topological polar surface area (TPSA) is 29.1 Å². The molecule has 0 amide bonds. The van der Waals surface area contributed by atoms with Crippen LogP contribution < -0.4 is 5.32 Å². The van der Waals surface area contributed by atoms with Crippen LogP contribution in [0.15, 0.2) is 57.5 Å². The van der Waals surface area contributed by atoms with Crippen LogP contribution >= 0.6 is 44.3 Å². The summed E-state index contributed by atoms with van der Waals surface area (Å²) in [4.78, 5) is 12.3. The molecule has 1 N–H and O–H groups in total. The molecule has 1 fully saturated rings. The zero-order chi connectivity index (χ0) is 20.3. The van der Waals surface area contributed by atoms with Crippen LogP contribution in [0.3, 0.4) is 0 Å². The number of hydrogen-bond acceptors (Lipinski definition) is 2. The molecule has 2 aromatic rings. The van der Waals surface area contributed by atoms with E-state index >= 15 is 0 Å². The van der Waals surface area contributed by atoms with E-state index in [0.717, 1.165) is 29.4 Å². The van der Waals surface area contributed by atoms with E-state index < -0.39 is 0 Å². The Bertz CT molecular complexity index is 902. The number of halogens is 3. The molecular weight excluding hydrogens is 526 g/mol. The second kappa shape index (κ2) is 10.6. The number of carbonyl (C=O) groups excluding carboxylic acids is 1. The summed E-state index contributed by atoms with van der Waals surface area (Å²) in [7, 11) is 0. The van der Waals surface area contributed by atoms with E-state index in [-0.39, 0.29) is 18.2 Å². The quantitative estimate of drug-likeness (QED) is 0.299. The summed E-state index contributed by atoms with van der Waals surface area (Å²) in [6, 6.07) is 14.8. The first-order valence-corrected chi connectivity index (χ1v) is 12.1. The van der Waals surface area contributed by atoms with Crippen LogP contribution in [0.4, 0.5) is 0 Å². The van der Waals surface area contributed by atoms with Gasteiger partial charge in [0.05, 0.1) is 0 Å². The monoisotopic (exact) mass is 551 g/mol. The molecule has 4 rings (SSSR count). The molecule has 160 valence electrons. The van der Waals surface area contributed by atoms with Crippen LogP contribution in [-0.2, 0) is 6.42 Å². The van der Waals surface area contributed by atoms with Gasteiger partial charge < -0.3 is 5.32 Å². The molecule has 2 aromatic carbocycles. The molecule has 0 saturated heterocycles. The van der Waals surface area contributed by atoms with Crippen molar-refractivity contribution in [2.45, 2.75) is 51.0 Å². The summed E-state index contributed by atoms with van der Waals surface area (Å²) in [5.41, 5.74) is 3.97. The third-order valence-corrected chi connectivity index (χ3v) is 7.67. The summed E-state index contributed by atoms with van der Waals surface area (Å²) >= 11 is 7.09. The predicted molar refractivity (Wildman–Crippen MR) is 135 cm³/mol. The summed E-state index contributed by atoms with van der Waals surface area (Å²) in [6.45, 7) is 0.922. The van der Waals surface area contributed by atoms with Crippen LogP contribution in [0.25, 0.3) is 6.08 Å². The second-order valence-electron chi connectivity index (χ2n) is 8.45. The van der Waals surface area contributed by atoms with Gasteiger partial charge in [-0.25, -0.2) is 0 Å². The Labute approximate surface area is 202 Å². The van der Waals surface area contributed by atoms with Gasteiger partial charge in [0.1, 0.15) is 0 Å². The highest BCUT2D eigenvalue weighted by Crippen LogP contribution is 2.45. The van der Waals surface area contributed by atoms with Crippen molar-refractivity contribution in [2.75, 3.05) is 6.54 Å². The molecule has 0 radical (unpaired) electrons. The van der Waals surface area contributed by atoms with Crippen molar-refractivity contribution in [2.24, 2.45) is 5.41 Å². The van der Waals surface area contributed by atoms with Crippen molar-refractivity contribution >= 4 is 56.1 Å². The lowest BCUT2D eigenvalue weighted by molar-refractivity contribution is 0.0979. The molecule has 2 nitrogen and oxygen atoms in total. The Balaban J connectivity index is 0.00000256.